The molecule has 1 N–H and O–H groups in total. The van der Waals surface area contributed by atoms with Gasteiger partial charge in [-0.3, -0.25) is 14.7 Å². The molecule has 0 unspecified atom stereocenters. The number of likely N-dealkylation sites (tertiary alicyclic amines) is 1. The lowest BCUT2D eigenvalue weighted by molar-refractivity contribution is 0.0908. The molecule has 1 fully saturated rings. The molecule has 1 aliphatic heterocycles. The zero-order valence-corrected chi connectivity index (χ0v) is 17.1. The lowest BCUT2D eigenvalue weighted by atomic mass is 10.0. The summed E-state index contributed by atoms with van der Waals surface area (Å²) in [5, 5.41) is 2.96. The molecule has 3 aromatic rings. The minimum atomic E-state index is -1.20. The molecule has 0 aliphatic carbocycles. The second-order valence-corrected chi connectivity index (χ2v) is 7.83. The third kappa shape index (κ3) is 5.13. The van der Waals surface area contributed by atoms with Gasteiger partial charge in [-0.2, -0.15) is 0 Å². The molecule has 1 aromatic heterocycles. The zero-order chi connectivity index (χ0) is 22.7. The number of hydrogen-bond acceptors (Lipinski definition) is 3. The Balaban J connectivity index is 1.31. The Morgan fingerprint density at radius 1 is 1.00 bits per heavy atom. The van der Waals surface area contributed by atoms with Gasteiger partial charge in [-0.15, -0.1) is 0 Å². The molecule has 8 heteroatoms. The quantitative estimate of drug-likeness (QED) is 0.459. The van der Waals surface area contributed by atoms with Crippen LogP contribution < -0.4 is 5.32 Å². The molecule has 2 aromatic carbocycles. The number of carbonyl (C=O) groups is 1. The number of nitrogens with one attached hydrogen (secondary N) is 1. The average Bonchev–Trinajstić information content (AvgIpc) is 2.78. The van der Waals surface area contributed by atoms with Crippen LogP contribution in [0.1, 0.15) is 28.8 Å². The first-order valence-electron chi connectivity index (χ1n) is 10.3. The second kappa shape index (κ2) is 9.48. The summed E-state index contributed by atoms with van der Waals surface area (Å²) in [5.74, 6) is -3.66. The van der Waals surface area contributed by atoms with Crippen molar-refractivity contribution in [3.8, 4) is 11.3 Å². The predicted octanol–water partition coefficient (Wildman–Crippen LogP) is 4.70. The Labute approximate surface area is 182 Å². The van der Waals surface area contributed by atoms with Crippen LogP contribution in [0.25, 0.3) is 11.3 Å². The Morgan fingerprint density at radius 2 is 1.78 bits per heavy atom. The molecule has 4 nitrogen and oxygen atoms in total. The summed E-state index contributed by atoms with van der Waals surface area (Å²) < 4.78 is 54.0. The summed E-state index contributed by atoms with van der Waals surface area (Å²) in [6.07, 6.45) is 2.70. The molecule has 0 saturated carbocycles. The summed E-state index contributed by atoms with van der Waals surface area (Å²) >= 11 is 0. The molecule has 1 aliphatic rings. The Bertz CT molecular complexity index is 1110. The van der Waals surface area contributed by atoms with Crippen LogP contribution in [0.2, 0.25) is 0 Å². The van der Waals surface area contributed by atoms with Gasteiger partial charge in [0.25, 0.3) is 5.91 Å². The first-order chi connectivity index (χ1) is 15.4. The van der Waals surface area contributed by atoms with Crippen LogP contribution in [0.5, 0.6) is 0 Å². The molecular weight excluding hydrogens is 422 g/mol. The van der Waals surface area contributed by atoms with E-state index < -0.39 is 17.5 Å². The molecule has 2 heterocycles. The molecule has 0 atom stereocenters. The summed E-state index contributed by atoms with van der Waals surface area (Å²) in [6, 6.07) is 10.8. The highest BCUT2D eigenvalue weighted by Crippen LogP contribution is 2.20. The monoisotopic (exact) mass is 443 g/mol. The van der Waals surface area contributed by atoms with E-state index in [0.717, 1.165) is 6.07 Å². The molecule has 166 valence electrons. The number of rotatable bonds is 5. The number of hydrogen-bond donors (Lipinski definition) is 1. The van der Waals surface area contributed by atoms with Crippen LogP contribution >= 0.6 is 0 Å². The Morgan fingerprint density at radius 3 is 2.47 bits per heavy atom. The number of pyridine rings is 1. The zero-order valence-electron chi connectivity index (χ0n) is 17.1. The first kappa shape index (κ1) is 22.0. The molecule has 0 radical (unpaired) electrons. The number of piperidine rings is 1. The van der Waals surface area contributed by atoms with Crippen molar-refractivity contribution in [2.24, 2.45) is 0 Å². The van der Waals surface area contributed by atoms with Gasteiger partial charge in [0.2, 0.25) is 0 Å². The normalized spacial score (nSPS) is 15.0. The number of benzene rings is 2. The maximum atomic E-state index is 13.9. The minimum absolute atomic E-state index is 0.0190. The van der Waals surface area contributed by atoms with Crippen molar-refractivity contribution in [2.45, 2.75) is 25.4 Å². The van der Waals surface area contributed by atoms with Crippen molar-refractivity contribution >= 4 is 5.91 Å². The Hall–Kier alpha value is -3.26. The number of nitrogens with zero attached hydrogens (tertiary/aromatic N) is 2. The van der Waals surface area contributed by atoms with E-state index >= 15 is 0 Å². The number of aromatic nitrogens is 1. The fourth-order valence-electron chi connectivity index (χ4n) is 3.82. The largest absolute Gasteiger partial charge is 0.349 e. The number of amides is 1. The molecule has 0 spiro atoms. The fourth-order valence-corrected chi connectivity index (χ4v) is 3.82. The number of carbonyl (C=O) groups excluding carboxylic acids is 1. The topological polar surface area (TPSA) is 45.2 Å². The summed E-state index contributed by atoms with van der Waals surface area (Å²) in [4.78, 5) is 18.7. The fraction of sp³-hybridized carbons (Fsp3) is 0.250. The van der Waals surface area contributed by atoms with Gasteiger partial charge >= 0.3 is 0 Å². The van der Waals surface area contributed by atoms with Crippen LogP contribution in [0.15, 0.2) is 54.7 Å². The van der Waals surface area contributed by atoms with E-state index in [9.17, 15) is 22.4 Å². The highest BCUT2D eigenvalue weighted by Gasteiger charge is 2.23. The smallest absolute Gasteiger partial charge is 0.253 e. The van der Waals surface area contributed by atoms with Gasteiger partial charge in [-0.05, 0) is 43.2 Å². The van der Waals surface area contributed by atoms with E-state index in [4.69, 9.17) is 0 Å². The van der Waals surface area contributed by atoms with E-state index in [1.165, 1.54) is 18.3 Å². The van der Waals surface area contributed by atoms with Gasteiger partial charge in [-0.1, -0.05) is 12.1 Å². The predicted molar refractivity (Wildman–Crippen MR) is 112 cm³/mol. The maximum Gasteiger partial charge on any atom is 0.253 e. The van der Waals surface area contributed by atoms with Crippen molar-refractivity contribution in [2.75, 3.05) is 13.1 Å². The molecule has 0 bridgehead atoms. The first-order valence-corrected chi connectivity index (χ1v) is 10.3. The van der Waals surface area contributed by atoms with E-state index in [1.54, 1.807) is 24.3 Å². The lowest BCUT2D eigenvalue weighted by Crippen LogP contribution is -2.44. The molecule has 1 saturated heterocycles. The average molecular weight is 443 g/mol. The van der Waals surface area contributed by atoms with Crippen molar-refractivity contribution in [3.05, 3.63) is 89.1 Å². The van der Waals surface area contributed by atoms with Crippen molar-refractivity contribution < 1.29 is 22.4 Å². The van der Waals surface area contributed by atoms with Crippen LogP contribution in [0.3, 0.4) is 0 Å². The van der Waals surface area contributed by atoms with Crippen molar-refractivity contribution in [1.29, 1.82) is 0 Å². The van der Waals surface area contributed by atoms with Gasteiger partial charge < -0.3 is 5.32 Å². The van der Waals surface area contributed by atoms with E-state index in [2.05, 4.69) is 10.3 Å². The molecule has 32 heavy (non-hydrogen) atoms. The van der Waals surface area contributed by atoms with Crippen molar-refractivity contribution in [3.63, 3.8) is 0 Å². The highest BCUT2D eigenvalue weighted by atomic mass is 19.2. The summed E-state index contributed by atoms with van der Waals surface area (Å²) in [5.41, 5.74) is 1.56. The van der Waals surface area contributed by atoms with Gasteiger partial charge in [0, 0.05) is 49.1 Å². The molecular formula is C24H21F4N3O. The second-order valence-electron chi connectivity index (χ2n) is 7.83. The molecule has 4 rings (SSSR count). The maximum absolute atomic E-state index is 13.9. The van der Waals surface area contributed by atoms with Gasteiger partial charge in [-0.25, -0.2) is 17.6 Å². The summed E-state index contributed by atoms with van der Waals surface area (Å²) in [6.45, 7) is 1.21. The lowest BCUT2D eigenvalue weighted by Gasteiger charge is -2.32. The minimum Gasteiger partial charge on any atom is -0.349 e. The van der Waals surface area contributed by atoms with Crippen molar-refractivity contribution in [1.82, 2.24) is 15.2 Å². The SMILES string of the molecule is O=C(NC1CCN(Cc2cc(F)cc(F)c2F)CC1)c1ccc(-c2cccc(F)c2)nc1. The molecule has 1 amide bonds. The van der Waals surface area contributed by atoms with Crippen LogP contribution in [-0.4, -0.2) is 34.9 Å². The van der Waals surface area contributed by atoms with E-state index in [0.29, 0.717) is 48.8 Å². The van der Waals surface area contributed by atoms with E-state index in [-0.39, 0.29) is 29.9 Å². The third-order valence-electron chi connectivity index (χ3n) is 5.53. The third-order valence-corrected chi connectivity index (χ3v) is 5.53. The van der Waals surface area contributed by atoms with Gasteiger partial charge in [0.15, 0.2) is 11.6 Å². The van der Waals surface area contributed by atoms with E-state index in [1.807, 2.05) is 4.90 Å². The summed E-state index contributed by atoms with van der Waals surface area (Å²) in [7, 11) is 0. The van der Waals surface area contributed by atoms with Crippen LogP contribution in [0.4, 0.5) is 17.6 Å². The highest BCUT2D eigenvalue weighted by molar-refractivity contribution is 5.94. The standard InChI is InChI=1S/C24H21F4N3O/c25-18-3-1-2-15(10-18)22-5-4-16(13-29-22)24(32)30-20-6-8-31(9-7-20)14-17-11-19(26)12-21(27)23(17)28/h1-5,10-13,20H,6-9,14H2,(H,30,32). The van der Waals surface area contributed by atoms with Crippen LogP contribution in [0, 0.1) is 23.3 Å². The Kier molecular flexibility index (Phi) is 6.50. The van der Waals surface area contributed by atoms with Gasteiger partial charge in [0.05, 0.1) is 11.3 Å². The number of halogens is 4. The van der Waals surface area contributed by atoms with Gasteiger partial charge in [0.1, 0.15) is 11.6 Å². The van der Waals surface area contributed by atoms with Crippen LogP contribution in [-0.2, 0) is 6.54 Å².